The van der Waals surface area contributed by atoms with Crippen LogP contribution in [-0.2, 0) is 0 Å². The smallest absolute Gasteiger partial charge is 0.140 e. The highest BCUT2D eigenvalue weighted by atomic mass is 35.5. The predicted molar refractivity (Wildman–Crippen MR) is 68.7 cm³/mol. The summed E-state index contributed by atoms with van der Waals surface area (Å²) in [6, 6.07) is 0. The Bertz CT molecular complexity index is 287. The van der Waals surface area contributed by atoms with Crippen LogP contribution in [-0.4, -0.2) is 21.0 Å². The first-order valence-corrected chi connectivity index (χ1v) is 7.34. The number of rotatable bonds is 1. The van der Waals surface area contributed by atoms with Crippen LogP contribution in [0.2, 0.25) is 0 Å². The summed E-state index contributed by atoms with van der Waals surface area (Å²) >= 11 is 18.9. The molecule has 0 spiro atoms. The zero-order chi connectivity index (χ0) is 12.7. The summed E-state index contributed by atoms with van der Waals surface area (Å²) in [4.78, 5) is -1.26. The van der Waals surface area contributed by atoms with Gasteiger partial charge >= 0.3 is 0 Å². The van der Waals surface area contributed by atoms with Crippen molar-refractivity contribution in [2.24, 2.45) is 0 Å². The largest absolute Gasteiger partial charge is 0.247 e. The fourth-order valence-electron chi connectivity index (χ4n) is 3.08. The highest BCUT2D eigenvalue weighted by Crippen LogP contribution is 2.59. The van der Waals surface area contributed by atoms with Crippen LogP contribution in [0.15, 0.2) is 0 Å². The maximum absolute atomic E-state index is 15.0. The summed E-state index contributed by atoms with van der Waals surface area (Å²) in [7, 11) is 0. The van der Waals surface area contributed by atoms with E-state index < -0.39 is 21.0 Å². The fraction of sp³-hybridized carbons (Fsp3) is 1.00. The molecule has 100 valence electrons. The molecule has 0 aliphatic heterocycles. The second-order valence-corrected chi connectivity index (χ2v) is 7.48. The molecule has 0 aromatic heterocycles. The van der Waals surface area contributed by atoms with Crippen LogP contribution in [0.1, 0.15) is 51.4 Å². The van der Waals surface area contributed by atoms with E-state index in [1.54, 1.807) is 0 Å². The Morgan fingerprint density at radius 3 is 1.94 bits per heavy atom. The van der Waals surface area contributed by atoms with Crippen LogP contribution in [0.5, 0.6) is 0 Å². The van der Waals surface area contributed by atoms with Crippen molar-refractivity contribution in [1.82, 2.24) is 0 Å². The van der Waals surface area contributed by atoms with Gasteiger partial charge in [-0.15, -0.1) is 11.6 Å². The molecule has 2 aliphatic carbocycles. The van der Waals surface area contributed by atoms with Crippen LogP contribution in [0.4, 0.5) is 8.78 Å². The molecule has 0 bridgehead atoms. The molecule has 0 heterocycles. The molecule has 1 atom stereocenters. The standard InChI is InChI=1S/C12H17Cl3F2/c13-11(5-1-2-6-12(11,14)15)10(17)7-3-9(16)4-8-10/h9H,1-8H2. The highest BCUT2D eigenvalue weighted by molar-refractivity contribution is 6.53. The Labute approximate surface area is 116 Å². The quantitative estimate of drug-likeness (QED) is 0.574. The number of hydrogen-bond acceptors (Lipinski definition) is 0. The first kappa shape index (κ1) is 14.1. The third-order valence-electron chi connectivity index (χ3n) is 4.26. The maximum Gasteiger partial charge on any atom is 0.140 e. The Morgan fingerprint density at radius 2 is 1.41 bits per heavy atom. The van der Waals surface area contributed by atoms with Crippen LogP contribution in [0.3, 0.4) is 0 Å². The minimum absolute atomic E-state index is 0.124. The normalized spacial score (nSPS) is 46.8. The molecular formula is C12H17Cl3F2. The van der Waals surface area contributed by atoms with Gasteiger partial charge in [-0.3, -0.25) is 0 Å². The molecule has 0 N–H and O–H groups in total. The molecule has 2 aliphatic rings. The number of halogens is 5. The summed E-state index contributed by atoms with van der Waals surface area (Å²) < 4.78 is 26.9. The van der Waals surface area contributed by atoms with Gasteiger partial charge in [-0.2, -0.15) is 0 Å². The lowest BCUT2D eigenvalue weighted by atomic mass is 9.69. The van der Waals surface area contributed by atoms with E-state index in [1.165, 1.54) is 0 Å². The van der Waals surface area contributed by atoms with Gasteiger partial charge in [0.25, 0.3) is 0 Å². The van der Waals surface area contributed by atoms with Crippen LogP contribution >= 0.6 is 34.8 Å². The zero-order valence-electron chi connectivity index (χ0n) is 9.62. The second kappa shape index (κ2) is 4.68. The predicted octanol–water partition coefficient (Wildman–Crippen LogP) is 5.33. The van der Waals surface area contributed by atoms with Gasteiger partial charge in [-0.05, 0) is 38.5 Å². The van der Waals surface area contributed by atoms with Crippen molar-refractivity contribution in [2.45, 2.75) is 72.4 Å². The van der Waals surface area contributed by atoms with E-state index in [-0.39, 0.29) is 25.7 Å². The van der Waals surface area contributed by atoms with Gasteiger partial charge in [-0.25, -0.2) is 8.78 Å². The van der Waals surface area contributed by atoms with Crippen molar-refractivity contribution in [3.8, 4) is 0 Å². The topological polar surface area (TPSA) is 0 Å². The SMILES string of the molecule is FC1CCC(F)(C2(Cl)CCCCC2(Cl)Cl)CC1. The Hall–Kier alpha value is 0.730. The fourth-order valence-corrected chi connectivity index (χ4v) is 4.30. The Balaban J connectivity index is 2.23. The Kier molecular flexibility index (Phi) is 3.90. The van der Waals surface area contributed by atoms with Gasteiger partial charge in [0.15, 0.2) is 0 Å². The van der Waals surface area contributed by atoms with E-state index in [0.29, 0.717) is 12.8 Å². The van der Waals surface area contributed by atoms with Crippen LogP contribution in [0.25, 0.3) is 0 Å². The summed E-state index contributed by atoms with van der Waals surface area (Å²) in [6.07, 6.45) is 2.43. The first-order chi connectivity index (χ1) is 7.81. The van der Waals surface area contributed by atoms with Gasteiger partial charge in [0, 0.05) is 0 Å². The molecule has 2 rings (SSSR count). The maximum atomic E-state index is 15.0. The van der Waals surface area contributed by atoms with Gasteiger partial charge in [0.05, 0.1) is 0 Å². The molecule has 1 unspecified atom stereocenters. The molecule has 0 amide bonds. The highest BCUT2D eigenvalue weighted by Gasteiger charge is 2.63. The molecule has 0 aromatic rings. The summed E-state index contributed by atoms with van der Waals surface area (Å²) in [6.45, 7) is 0. The zero-order valence-corrected chi connectivity index (χ0v) is 11.9. The van der Waals surface area contributed by atoms with Gasteiger partial charge in [0.2, 0.25) is 0 Å². The number of hydrogen-bond donors (Lipinski definition) is 0. The minimum Gasteiger partial charge on any atom is -0.247 e. The average Bonchev–Trinajstić information content (AvgIpc) is 2.27. The van der Waals surface area contributed by atoms with Gasteiger partial charge < -0.3 is 0 Å². The van der Waals surface area contributed by atoms with Crippen molar-refractivity contribution < 1.29 is 8.78 Å². The van der Waals surface area contributed by atoms with Crippen molar-refractivity contribution >= 4 is 34.8 Å². The van der Waals surface area contributed by atoms with E-state index in [0.717, 1.165) is 12.8 Å². The average molecular weight is 306 g/mol. The summed E-state index contributed by atoms with van der Waals surface area (Å²) in [5.74, 6) is 0. The summed E-state index contributed by atoms with van der Waals surface area (Å²) in [5.41, 5.74) is -1.64. The molecule has 0 aromatic carbocycles. The molecule has 5 heteroatoms. The third-order valence-corrected chi connectivity index (χ3v) is 6.33. The third kappa shape index (κ3) is 2.30. The van der Waals surface area contributed by atoms with Crippen LogP contribution < -0.4 is 0 Å². The van der Waals surface area contributed by atoms with Crippen molar-refractivity contribution in [1.29, 1.82) is 0 Å². The lowest BCUT2D eigenvalue weighted by Crippen LogP contribution is -2.60. The summed E-state index contributed by atoms with van der Waals surface area (Å²) in [5, 5.41) is 0. The molecule has 2 fully saturated rings. The Morgan fingerprint density at radius 1 is 0.882 bits per heavy atom. The van der Waals surface area contributed by atoms with Crippen molar-refractivity contribution in [3.05, 3.63) is 0 Å². The number of alkyl halides is 5. The lowest BCUT2D eigenvalue weighted by molar-refractivity contribution is 0.0111. The van der Waals surface area contributed by atoms with E-state index in [4.69, 9.17) is 34.8 Å². The lowest BCUT2D eigenvalue weighted by Gasteiger charge is -2.51. The van der Waals surface area contributed by atoms with Gasteiger partial charge in [0.1, 0.15) is 21.0 Å². The molecule has 0 saturated heterocycles. The van der Waals surface area contributed by atoms with E-state index in [2.05, 4.69) is 0 Å². The molecular weight excluding hydrogens is 288 g/mol. The minimum atomic E-state index is -1.64. The van der Waals surface area contributed by atoms with E-state index >= 15 is 4.39 Å². The van der Waals surface area contributed by atoms with E-state index in [1.807, 2.05) is 0 Å². The van der Waals surface area contributed by atoms with Gasteiger partial charge in [-0.1, -0.05) is 36.0 Å². The first-order valence-electron chi connectivity index (χ1n) is 6.20. The van der Waals surface area contributed by atoms with Crippen LogP contribution in [0, 0.1) is 0 Å². The van der Waals surface area contributed by atoms with Crippen molar-refractivity contribution in [3.63, 3.8) is 0 Å². The molecule has 0 nitrogen and oxygen atoms in total. The van der Waals surface area contributed by atoms with E-state index in [9.17, 15) is 4.39 Å². The molecule has 0 radical (unpaired) electrons. The van der Waals surface area contributed by atoms with Crippen molar-refractivity contribution in [2.75, 3.05) is 0 Å². The molecule has 17 heavy (non-hydrogen) atoms. The molecule has 2 saturated carbocycles. The second-order valence-electron chi connectivity index (χ2n) is 5.35. The monoisotopic (exact) mass is 304 g/mol.